The summed E-state index contributed by atoms with van der Waals surface area (Å²) in [6.07, 6.45) is 2.42. The van der Waals surface area contributed by atoms with Gasteiger partial charge in [-0.05, 0) is 49.1 Å². The molecule has 0 atom stereocenters. The van der Waals surface area contributed by atoms with E-state index in [0.29, 0.717) is 6.54 Å². The van der Waals surface area contributed by atoms with Crippen LogP contribution in [0.15, 0.2) is 63.3 Å². The second kappa shape index (κ2) is 9.25. The highest BCUT2D eigenvalue weighted by Gasteiger charge is 2.26. The summed E-state index contributed by atoms with van der Waals surface area (Å²) < 4.78 is 50.4. The lowest BCUT2D eigenvalue weighted by molar-refractivity contribution is 0.593. The van der Waals surface area contributed by atoms with Crippen molar-refractivity contribution in [3.8, 4) is 0 Å². The van der Waals surface area contributed by atoms with Gasteiger partial charge in [0.2, 0.25) is 10.0 Å². The summed E-state index contributed by atoms with van der Waals surface area (Å²) in [5.74, 6) is 0.0627. The highest BCUT2D eigenvalue weighted by Crippen LogP contribution is 2.28. The maximum atomic E-state index is 12.9. The molecule has 0 radical (unpaired) electrons. The van der Waals surface area contributed by atoms with E-state index in [-0.39, 0.29) is 21.4 Å². The van der Waals surface area contributed by atoms with Gasteiger partial charge < -0.3 is 11.5 Å². The van der Waals surface area contributed by atoms with Crippen molar-refractivity contribution < 1.29 is 16.8 Å². The molecule has 0 unspecified atom stereocenters. The summed E-state index contributed by atoms with van der Waals surface area (Å²) in [4.78, 5) is 3.70. The van der Waals surface area contributed by atoms with E-state index in [0.717, 1.165) is 29.1 Å². The van der Waals surface area contributed by atoms with Crippen molar-refractivity contribution in [3.05, 3.63) is 54.1 Å². The number of aliphatic imine (C=N–C) groups is 1. The van der Waals surface area contributed by atoms with Crippen LogP contribution in [0.1, 0.15) is 18.4 Å². The zero-order chi connectivity index (χ0) is 21.7. The average Bonchev–Trinajstić information content (AvgIpc) is 2.66. The molecule has 0 aliphatic carbocycles. The first-order valence-electron chi connectivity index (χ1n) is 8.78. The minimum Gasteiger partial charge on any atom is -0.370 e. The van der Waals surface area contributed by atoms with Crippen molar-refractivity contribution in [1.29, 1.82) is 0 Å². The van der Waals surface area contributed by atoms with E-state index in [1.54, 1.807) is 18.2 Å². The zero-order valence-corrected chi connectivity index (χ0v) is 17.7. The van der Waals surface area contributed by atoms with Crippen molar-refractivity contribution >= 4 is 31.7 Å². The topological polar surface area (TPSA) is 162 Å². The first-order valence-corrected chi connectivity index (χ1v) is 11.8. The molecule has 2 rings (SSSR count). The Kier molecular flexibility index (Phi) is 7.22. The van der Waals surface area contributed by atoms with Crippen LogP contribution < -0.4 is 20.9 Å². The predicted octanol–water partition coefficient (Wildman–Crippen LogP) is 0.755. The Hall–Kier alpha value is -2.63. The third-order valence-corrected chi connectivity index (χ3v) is 7.00. The Morgan fingerprint density at radius 2 is 1.59 bits per heavy atom. The van der Waals surface area contributed by atoms with Gasteiger partial charge in [-0.25, -0.2) is 22.0 Å². The molecule has 2 aromatic carbocycles. The SMILES string of the molecule is CN(c1ccccc1S(N)(=O)=O)S(=O)(=O)c1ccc(CCCCN=C(N)N)cc1. The number of sulfonamides is 2. The van der Waals surface area contributed by atoms with Gasteiger partial charge in [-0.3, -0.25) is 9.30 Å². The lowest BCUT2D eigenvalue weighted by Crippen LogP contribution is -2.29. The Bertz CT molecular complexity index is 1080. The second-order valence-electron chi connectivity index (χ2n) is 6.39. The highest BCUT2D eigenvalue weighted by molar-refractivity contribution is 7.93. The fraction of sp³-hybridized carbons (Fsp3) is 0.278. The molecule has 158 valence electrons. The van der Waals surface area contributed by atoms with E-state index in [1.165, 1.54) is 37.4 Å². The van der Waals surface area contributed by atoms with Gasteiger partial charge in [-0.15, -0.1) is 0 Å². The maximum Gasteiger partial charge on any atom is 0.264 e. The first-order chi connectivity index (χ1) is 13.5. The van der Waals surface area contributed by atoms with Gasteiger partial charge in [-0.1, -0.05) is 24.3 Å². The van der Waals surface area contributed by atoms with Crippen LogP contribution in [-0.2, 0) is 26.5 Å². The average molecular weight is 440 g/mol. The minimum atomic E-state index is -4.08. The molecule has 0 bridgehead atoms. The van der Waals surface area contributed by atoms with Gasteiger partial charge >= 0.3 is 0 Å². The largest absolute Gasteiger partial charge is 0.370 e. The van der Waals surface area contributed by atoms with Crippen molar-refractivity contribution in [3.63, 3.8) is 0 Å². The summed E-state index contributed by atoms with van der Waals surface area (Å²) in [7, 11) is -6.75. The fourth-order valence-corrected chi connectivity index (χ4v) is 4.76. The van der Waals surface area contributed by atoms with E-state index in [9.17, 15) is 16.8 Å². The van der Waals surface area contributed by atoms with Crippen LogP contribution in [0.2, 0.25) is 0 Å². The van der Waals surface area contributed by atoms with Gasteiger partial charge in [-0.2, -0.15) is 0 Å². The number of anilines is 1. The molecule has 0 aromatic heterocycles. The molecule has 0 amide bonds. The normalized spacial score (nSPS) is 11.8. The molecule has 0 aliphatic rings. The van der Waals surface area contributed by atoms with Gasteiger partial charge in [0.15, 0.2) is 5.96 Å². The molecule has 0 saturated heterocycles. The minimum absolute atomic E-state index is 0.0150. The van der Waals surface area contributed by atoms with E-state index < -0.39 is 20.0 Å². The van der Waals surface area contributed by atoms with Crippen LogP contribution in [-0.4, -0.2) is 36.4 Å². The van der Waals surface area contributed by atoms with Gasteiger partial charge in [0, 0.05) is 13.6 Å². The number of hydrogen-bond acceptors (Lipinski definition) is 5. The molecule has 9 nitrogen and oxygen atoms in total. The number of rotatable bonds is 9. The third kappa shape index (κ3) is 5.92. The molecular weight excluding hydrogens is 414 g/mol. The second-order valence-corrected chi connectivity index (χ2v) is 9.89. The number of guanidine groups is 1. The van der Waals surface area contributed by atoms with Crippen LogP contribution in [0.3, 0.4) is 0 Å². The number of para-hydroxylation sites is 1. The van der Waals surface area contributed by atoms with Crippen LogP contribution in [0, 0.1) is 0 Å². The molecule has 29 heavy (non-hydrogen) atoms. The first kappa shape index (κ1) is 22.7. The molecular formula is C18H25N5O4S2. The fourth-order valence-electron chi connectivity index (χ4n) is 2.72. The maximum absolute atomic E-state index is 12.9. The molecule has 6 N–H and O–H groups in total. The predicted molar refractivity (Wildman–Crippen MR) is 113 cm³/mol. The van der Waals surface area contributed by atoms with Crippen molar-refractivity contribution in [2.75, 3.05) is 17.9 Å². The van der Waals surface area contributed by atoms with E-state index in [4.69, 9.17) is 16.6 Å². The Morgan fingerprint density at radius 1 is 0.966 bits per heavy atom. The van der Waals surface area contributed by atoms with E-state index >= 15 is 0 Å². The van der Waals surface area contributed by atoms with E-state index in [1.807, 2.05) is 0 Å². The molecule has 11 heteroatoms. The van der Waals surface area contributed by atoms with Crippen molar-refractivity contribution in [2.45, 2.75) is 29.1 Å². The van der Waals surface area contributed by atoms with Crippen molar-refractivity contribution in [1.82, 2.24) is 0 Å². The van der Waals surface area contributed by atoms with Gasteiger partial charge in [0.05, 0.1) is 10.6 Å². The number of hydrogen-bond donors (Lipinski definition) is 3. The van der Waals surface area contributed by atoms with Gasteiger partial charge in [0.1, 0.15) is 4.90 Å². The molecule has 0 fully saturated rings. The quantitative estimate of drug-likeness (QED) is 0.297. The summed E-state index contributed by atoms with van der Waals surface area (Å²) in [6.45, 7) is 0.545. The Morgan fingerprint density at radius 3 is 2.17 bits per heavy atom. The summed E-state index contributed by atoms with van der Waals surface area (Å²) in [5, 5.41) is 5.21. The van der Waals surface area contributed by atoms with Gasteiger partial charge in [0.25, 0.3) is 10.0 Å². The Labute approximate surface area is 171 Å². The van der Waals surface area contributed by atoms with E-state index in [2.05, 4.69) is 4.99 Å². The third-order valence-electron chi connectivity index (χ3n) is 4.26. The lowest BCUT2D eigenvalue weighted by atomic mass is 10.1. The Balaban J connectivity index is 2.17. The molecule has 0 spiro atoms. The number of aryl methyl sites for hydroxylation is 1. The molecule has 2 aromatic rings. The monoisotopic (exact) mass is 439 g/mol. The van der Waals surface area contributed by atoms with Crippen molar-refractivity contribution in [2.24, 2.45) is 21.6 Å². The van der Waals surface area contributed by atoms with Crippen LogP contribution in [0.5, 0.6) is 0 Å². The number of nitrogens with zero attached hydrogens (tertiary/aromatic N) is 2. The number of primary sulfonamides is 1. The smallest absolute Gasteiger partial charge is 0.264 e. The number of nitrogens with two attached hydrogens (primary N) is 3. The lowest BCUT2D eigenvalue weighted by Gasteiger charge is -2.21. The number of benzene rings is 2. The summed E-state index contributed by atoms with van der Waals surface area (Å²) >= 11 is 0. The highest BCUT2D eigenvalue weighted by atomic mass is 32.2. The van der Waals surface area contributed by atoms with Crippen LogP contribution in [0.4, 0.5) is 5.69 Å². The standard InChI is InChI=1S/C18H25N5O4S2/c1-23(16-7-2-3-8-17(16)28(21,24)25)29(26,27)15-11-9-14(10-12-15)6-4-5-13-22-18(19)20/h2-3,7-12H,4-6,13H2,1H3,(H4,19,20,22)(H2,21,24,25). The zero-order valence-electron chi connectivity index (χ0n) is 16.0. The summed E-state index contributed by atoms with van der Waals surface area (Å²) in [5.41, 5.74) is 11.5. The summed E-state index contributed by atoms with van der Waals surface area (Å²) in [6, 6.07) is 12.1. The number of unbranched alkanes of at least 4 members (excludes halogenated alkanes) is 1. The van der Waals surface area contributed by atoms with Crippen LogP contribution >= 0.6 is 0 Å². The molecule has 0 saturated carbocycles. The molecule has 0 heterocycles. The molecule has 0 aliphatic heterocycles. The van der Waals surface area contributed by atoms with Crippen LogP contribution in [0.25, 0.3) is 0 Å².